The minimum absolute atomic E-state index is 0.179. The standard InChI is InChI=1S/C15H14ClNO2/c1-2-13-10(7-8-18-13)11(16)9-15-17-12-5-3-4-6-14(12)19-15/h3-8,11H,2,9H2,1H3. The second kappa shape index (κ2) is 5.10. The van der Waals surface area contributed by atoms with Crippen LogP contribution in [-0.4, -0.2) is 4.98 Å². The van der Waals surface area contributed by atoms with Gasteiger partial charge < -0.3 is 8.83 Å². The Bertz CT molecular complexity index is 653. The van der Waals surface area contributed by atoms with Crippen molar-refractivity contribution in [1.82, 2.24) is 4.98 Å². The van der Waals surface area contributed by atoms with Crippen LogP contribution in [0.25, 0.3) is 11.1 Å². The van der Waals surface area contributed by atoms with Crippen LogP contribution in [0.1, 0.15) is 29.5 Å². The molecule has 3 aromatic rings. The zero-order valence-electron chi connectivity index (χ0n) is 10.6. The van der Waals surface area contributed by atoms with Gasteiger partial charge in [0, 0.05) is 18.4 Å². The van der Waals surface area contributed by atoms with Crippen LogP contribution in [0.5, 0.6) is 0 Å². The average Bonchev–Trinajstić information content (AvgIpc) is 3.03. The summed E-state index contributed by atoms with van der Waals surface area (Å²) in [5.41, 5.74) is 2.68. The average molecular weight is 276 g/mol. The summed E-state index contributed by atoms with van der Waals surface area (Å²) in [6.45, 7) is 2.05. The van der Waals surface area contributed by atoms with Gasteiger partial charge >= 0.3 is 0 Å². The van der Waals surface area contributed by atoms with Crippen LogP contribution in [0.15, 0.2) is 45.4 Å². The van der Waals surface area contributed by atoms with E-state index in [1.807, 2.05) is 37.3 Å². The smallest absolute Gasteiger partial charge is 0.197 e. The molecule has 0 fully saturated rings. The van der Waals surface area contributed by atoms with Gasteiger partial charge in [-0.2, -0.15) is 0 Å². The van der Waals surface area contributed by atoms with Gasteiger partial charge in [0.1, 0.15) is 11.3 Å². The van der Waals surface area contributed by atoms with Gasteiger partial charge in [-0.05, 0) is 18.2 Å². The number of furan rings is 1. The van der Waals surface area contributed by atoms with Gasteiger partial charge in [-0.3, -0.25) is 0 Å². The van der Waals surface area contributed by atoms with Crippen molar-refractivity contribution in [3.8, 4) is 0 Å². The highest BCUT2D eigenvalue weighted by Crippen LogP contribution is 2.29. The minimum atomic E-state index is -0.179. The van der Waals surface area contributed by atoms with Crippen molar-refractivity contribution in [2.45, 2.75) is 25.1 Å². The Kier molecular flexibility index (Phi) is 3.30. The Labute approximate surface area is 116 Å². The molecule has 0 spiro atoms. The SMILES string of the molecule is CCc1occc1C(Cl)Cc1nc2ccccc2o1. The molecular weight excluding hydrogens is 262 g/mol. The third-order valence-electron chi connectivity index (χ3n) is 3.13. The first-order valence-electron chi connectivity index (χ1n) is 6.32. The predicted molar refractivity (Wildman–Crippen MR) is 74.4 cm³/mol. The van der Waals surface area contributed by atoms with Crippen molar-refractivity contribution in [3.05, 3.63) is 53.8 Å². The van der Waals surface area contributed by atoms with Crippen molar-refractivity contribution in [2.24, 2.45) is 0 Å². The monoisotopic (exact) mass is 275 g/mol. The molecule has 3 nitrogen and oxygen atoms in total. The Morgan fingerprint density at radius 2 is 2.11 bits per heavy atom. The number of aromatic nitrogens is 1. The number of fused-ring (bicyclic) bond motifs is 1. The van der Waals surface area contributed by atoms with E-state index in [2.05, 4.69) is 4.98 Å². The van der Waals surface area contributed by atoms with Gasteiger partial charge in [0.2, 0.25) is 0 Å². The number of aryl methyl sites for hydroxylation is 1. The van der Waals surface area contributed by atoms with E-state index in [0.29, 0.717) is 12.3 Å². The van der Waals surface area contributed by atoms with Gasteiger partial charge in [-0.15, -0.1) is 11.6 Å². The number of oxazole rings is 1. The fourth-order valence-corrected chi connectivity index (χ4v) is 2.51. The quantitative estimate of drug-likeness (QED) is 0.658. The van der Waals surface area contributed by atoms with Crippen LogP contribution in [0.3, 0.4) is 0 Å². The maximum absolute atomic E-state index is 6.43. The lowest BCUT2D eigenvalue weighted by Crippen LogP contribution is -1.97. The number of para-hydroxylation sites is 2. The molecule has 1 atom stereocenters. The fourth-order valence-electron chi connectivity index (χ4n) is 2.19. The van der Waals surface area contributed by atoms with Crippen LogP contribution in [0.4, 0.5) is 0 Å². The van der Waals surface area contributed by atoms with E-state index in [1.54, 1.807) is 6.26 Å². The molecule has 19 heavy (non-hydrogen) atoms. The Morgan fingerprint density at radius 1 is 1.26 bits per heavy atom. The summed E-state index contributed by atoms with van der Waals surface area (Å²) >= 11 is 6.43. The lowest BCUT2D eigenvalue weighted by atomic mass is 10.1. The number of nitrogens with zero attached hydrogens (tertiary/aromatic N) is 1. The molecule has 0 saturated heterocycles. The first kappa shape index (κ1) is 12.3. The van der Waals surface area contributed by atoms with Crippen LogP contribution < -0.4 is 0 Å². The van der Waals surface area contributed by atoms with Crippen LogP contribution in [-0.2, 0) is 12.8 Å². The maximum Gasteiger partial charge on any atom is 0.197 e. The molecule has 0 aliphatic heterocycles. The number of alkyl halides is 1. The first-order valence-corrected chi connectivity index (χ1v) is 6.76. The van der Waals surface area contributed by atoms with E-state index in [0.717, 1.165) is 28.8 Å². The second-order valence-electron chi connectivity index (χ2n) is 4.40. The number of rotatable bonds is 4. The van der Waals surface area contributed by atoms with Crippen LogP contribution in [0.2, 0.25) is 0 Å². The van der Waals surface area contributed by atoms with E-state index in [4.69, 9.17) is 20.4 Å². The van der Waals surface area contributed by atoms with E-state index in [-0.39, 0.29) is 5.38 Å². The molecule has 98 valence electrons. The Morgan fingerprint density at radius 3 is 2.89 bits per heavy atom. The van der Waals surface area contributed by atoms with E-state index >= 15 is 0 Å². The molecule has 1 aromatic carbocycles. The molecule has 4 heteroatoms. The maximum atomic E-state index is 6.43. The molecule has 2 heterocycles. The summed E-state index contributed by atoms with van der Waals surface area (Å²) in [4.78, 5) is 4.44. The third kappa shape index (κ3) is 2.38. The lowest BCUT2D eigenvalue weighted by Gasteiger charge is -2.06. The molecule has 2 aromatic heterocycles. The van der Waals surface area contributed by atoms with E-state index in [1.165, 1.54) is 0 Å². The number of benzene rings is 1. The first-order chi connectivity index (χ1) is 9.28. The lowest BCUT2D eigenvalue weighted by molar-refractivity contribution is 0.502. The van der Waals surface area contributed by atoms with Crippen molar-refractivity contribution < 1.29 is 8.83 Å². The molecule has 1 unspecified atom stereocenters. The summed E-state index contributed by atoms with van der Waals surface area (Å²) in [5, 5.41) is -0.179. The molecule has 0 bridgehead atoms. The Balaban J connectivity index is 1.84. The molecule has 0 N–H and O–H groups in total. The zero-order valence-corrected chi connectivity index (χ0v) is 11.4. The van der Waals surface area contributed by atoms with E-state index in [9.17, 15) is 0 Å². The van der Waals surface area contributed by atoms with Crippen molar-refractivity contribution in [3.63, 3.8) is 0 Å². The summed E-state index contributed by atoms with van der Waals surface area (Å²) in [6.07, 6.45) is 3.07. The van der Waals surface area contributed by atoms with Crippen molar-refractivity contribution >= 4 is 22.7 Å². The highest BCUT2D eigenvalue weighted by Gasteiger charge is 2.18. The zero-order chi connectivity index (χ0) is 13.2. The van der Waals surface area contributed by atoms with Gasteiger partial charge in [-0.25, -0.2) is 4.98 Å². The van der Waals surface area contributed by atoms with Gasteiger partial charge in [-0.1, -0.05) is 19.1 Å². The fraction of sp³-hybridized carbons (Fsp3) is 0.267. The molecule has 0 aliphatic rings. The Hall–Kier alpha value is -1.74. The molecule has 0 radical (unpaired) electrons. The predicted octanol–water partition coefficient (Wildman–Crippen LogP) is 4.51. The second-order valence-corrected chi connectivity index (χ2v) is 4.93. The largest absolute Gasteiger partial charge is 0.469 e. The van der Waals surface area contributed by atoms with Gasteiger partial charge in [0.25, 0.3) is 0 Å². The molecular formula is C15H14ClNO2. The molecule has 0 amide bonds. The van der Waals surface area contributed by atoms with Gasteiger partial charge in [0.15, 0.2) is 11.5 Å². The highest BCUT2D eigenvalue weighted by molar-refractivity contribution is 6.21. The highest BCUT2D eigenvalue weighted by atomic mass is 35.5. The topological polar surface area (TPSA) is 39.2 Å². The number of hydrogen-bond acceptors (Lipinski definition) is 3. The summed E-state index contributed by atoms with van der Waals surface area (Å²) in [6, 6.07) is 9.63. The third-order valence-corrected chi connectivity index (χ3v) is 3.52. The van der Waals surface area contributed by atoms with Crippen LogP contribution >= 0.6 is 11.6 Å². The van der Waals surface area contributed by atoms with Crippen molar-refractivity contribution in [2.75, 3.05) is 0 Å². The van der Waals surface area contributed by atoms with Crippen molar-refractivity contribution in [1.29, 1.82) is 0 Å². The molecule has 3 rings (SSSR count). The molecule has 0 aliphatic carbocycles. The number of hydrogen-bond donors (Lipinski definition) is 0. The summed E-state index contributed by atoms with van der Waals surface area (Å²) in [5.74, 6) is 1.58. The minimum Gasteiger partial charge on any atom is -0.469 e. The number of halogens is 1. The normalized spacial score (nSPS) is 12.9. The van der Waals surface area contributed by atoms with Crippen LogP contribution in [0, 0.1) is 0 Å². The molecule has 0 saturated carbocycles. The van der Waals surface area contributed by atoms with Gasteiger partial charge in [0.05, 0.1) is 11.6 Å². The van der Waals surface area contributed by atoms with E-state index < -0.39 is 0 Å². The summed E-state index contributed by atoms with van der Waals surface area (Å²) in [7, 11) is 0. The summed E-state index contributed by atoms with van der Waals surface area (Å²) < 4.78 is 11.1.